The van der Waals surface area contributed by atoms with Gasteiger partial charge in [0.2, 0.25) is 0 Å². The number of hydrogen-bond acceptors (Lipinski definition) is 3. The molecule has 0 saturated carbocycles. The predicted octanol–water partition coefficient (Wildman–Crippen LogP) is 2.01. The number of aromatic nitrogens is 1. The Balaban J connectivity index is 2.47. The second-order valence-corrected chi connectivity index (χ2v) is 3.72. The summed E-state index contributed by atoms with van der Waals surface area (Å²) in [5.41, 5.74) is 1.06. The van der Waals surface area contributed by atoms with Crippen molar-refractivity contribution in [1.29, 1.82) is 0 Å². The third kappa shape index (κ3) is 2.36. The van der Waals surface area contributed by atoms with Crippen LogP contribution in [0.1, 0.15) is 11.7 Å². The van der Waals surface area contributed by atoms with E-state index in [0.717, 1.165) is 11.6 Å². The third-order valence-electron chi connectivity index (χ3n) is 2.52. The molecule has 0 amide bonds. The van der Waals surface area contributed by atoms with Gasteiger partial charge in [-0.15, -0.1) is 0 Å². The first-order chi connectivity index (χ1) is 8.59. The molecule has 1 aromatic carbocycles. The van der Waals surface area contributed by atoms with Gasteiger partial charge in [-0.1, -0.05) is 12.1 Å². The molecule has 0 fully saturated rings. The molecule has 1 aromatic heterocycles. The van der Waals surface area contributed by atoms with Crippen LogP contribution in [0.25, 0.3) is 11.1 Å². The van der Waals surface area contributed by atoms with E-state index in [1.807, 2.05) is 0 Å². The summed E-state index contributed by atoms with van der Waals surface area (Å²) in [6.07, 6.45) is 1.30. The molecule has 0 aliphatic carbocycles. The number of aliphatic hydroxyl groups is 1. The number of nitrogens with zero attached hydrogens (tertiary/aromatic N) is 1. The van der Waals surface area contributed by atoms with Crippen molar-refractivity contribution in [3.8, 4) is 11.1 Å². The lowest BCUT2D eigenvalue weighted by Gasteiger charge is -2.09. The molecule has 0 aliphatic heterocycles. The lowest BCUT2D eigenvalue weighted by Crippen LogP contribution is -2.12. The van der Waals surface area contributed by atoms with E-state index < -0.39 is 17.9 Å². The van der Waals surface area contributed by atoms with E-state index in [9.17, 15) is 14.3 Å². The van der Waals surface area contributed by atoms with Gasteiger partial charge >= 0.3 is 5.97 Å². The van der Waals surface area contributed by atoms with E-state index in [-0.39, 0.29) is 5.56 Å². The molecule has 0 aliphatic rings. The largest absolute Gasteiger partial charge is 0.479 e. The quantitative estimate of drug-likeness (QED) is 0.870. The zero-order valence-electron chi connectivity index (χ0n) is 9.25. The second kappa shape index (κ2) is 4.93. The smallest absolute Gasteiger partial charge is 0.337 e. The molecule has 1 heterocycles. The molecule has 1 unspecified atom stereocenters. The van der Waals surface area contributed by atoms with E-state index in [2.05, 4.69) is 4.98 Å². The standard InChI is InChI=1S/C13H10FNO3/c14-11-4-3-8(9-2-1-5-15-7-9)6-10(11)12(16)13(17)18/h1-7,12,16H,(H,17,18). The summed E-state index contributed by atoms with van der Waals surface area (Å²) in [5, 5.41) is 18.1. The Labute approximate surface area is 102 Å². The Morgan fingerprint density at radius 3 is 2.67 bits per heavy atom. The first-order valence-corrected chi connectivity index (χ1v) is 5.20. The summed E-state index contributed by atoms with van der Waals surface area (Å²) in [4.78, 5) is 14.6. The fourth-order valence-electron chi connectivity index (χ4n) is 1.60. The number of aliphatic hydroxyl groups excluding tert-OH is 1. The summed E-state index contributed by atoms with van der Waals surface area (Å²) < 4.78 is 13.5. The zero-order chi connectivity index (χ0) is 13.1. The van der Waals surface area contributed by atoms with Crippen LogP contribution in [-0.4, -0.2) is 21.2 Å². The minimum Gasteiger partial charge on any atom is -0.479 e. The molecule has 0 spiro atoms. The minimum absolute atomic E-state index is 0.260. The van der Waals surface area contributed by atoms with Crippen molar-refractivity contribution in [1.82, 2.24) is 4.98 Å². The number of carboxylic acid groups (broad SMARTS) is 1. The average molecular weight is 247 g/mol. The molecule has 1 atom stereocenters. The van der Waals surface area contributed by atoms with Gasteiger partial charge in [0.05, 0.1) is 0 Å². The van der Waals surface area contributed by atoms with E-state index in [4.69, 9.17) is 5.11 Å². The van der Waals surface area contributed by atoms with Crippen molar-refractivity contribution >= 4 is 5.97 Å². The number of carboxylic acids is 1. The van der Waals surface area contributed by atoms with E-state index in [1.165, 1.54) is 12.1 Å². The molecule has 0 saturated heterocycles. The highest BCUT2D eigenvalue weighted by molar-refractivity contribution is 5.75. The lowest BCUT2D eigenvalue weighted by atomic mass is 10.0. The van der Waals surface area contributed by atoms with Gasteiger partial charge in [0.15, 0.2) is 6.10 Å². The minimum atomic E-state index is -1.87. The number of rotatable bonds is 3. The highest BCUT2D eigenvalue weighted by Gasteiger charge is 2.20. The maximum atomic E-state index is 13.5. The molecule has 18 heavy (non-hydrogen) atoms. The van der Waals surface area contributed by atoms with Crippen LogP contribution in [0.2, 0.25) is 0 Å². The van der Waals surface area contributed by atoms with Crippen LogP contribution in [0.4, 0.5) is 4.39 Å². The van der Waals surface area contributed by atoms with Crippen LogP contribution in [-0.2, 0) is 4.79 Å². The van der Waals surface area contributed by atoms with Crippen molar-refractivity contribution in [3.05, 3.63) is 54.1 Å². The SMILES string of the molecule is O=C(O)C(O)c1cc(-c2cccnc2)ccc1F. The lowest BCUT2D eigenvalue weighted by molar-refractivity contribution is -0.147. The van der Waals surface area contributed by atoms with Crippen molar-refractivity contribution in [2.45, 2.75) is 6.10 Å². The number of pyridine rings is 1. The summed E-state index contributed by atoms with van der Waals surface area (Å²) in [5.74, 6) is -2.24. The number of benzene rings is 1. The zero-order valence-corrected chi connectivity index (χ0v) is 9.25. The highest BCUT2D eigenvalue weighted by atomic mass is 19.1. The monoisotopic (exact) mass is 247 g/mol. The van der Waals surface area contributed by atoms with Crippen molar-refractivity contribution in [2.24, 2.45) is 0 Å². The molecule has 0 bridgehead atoms. The van der Waals surface area contributed by atoms with E-state index in [0.29, 0.717) is 5.56 Å². The van der Waals surface area contributed by atoms with Crippen LogP contribution in [0.15, 0.2) is 42.7 Å². The van der Waals surface area contributed by atoms with Crippen LogP contribution in [0.5, 0.6) is 0 Å². The van der Waals surface area contributed by atoms with Gasteiger partial charge in [-0.2, -0.15) is 0 Å². The Morgan fingerprint density at radius 1 is 1.28 bits per heavy atom. The Hall–Kier alpha value is -2.27. The molecule has 2 aromatic rings. The first kappa shape index (κ1) is 12.2. The van der Waals surface area contributed by atoms with Crippen molar-refractivity contribution in [3.63, 3.8) is 0 Å². The van der Waals surface area contributed by atoms with Gasteiger partial charge < -0.3 is 10.2 Å². The van der Waals surface area contributed by atoms with Gasteiger partial charge in [0.1, 0.15) is 5.82 Å². The Morgan fingerprint density at radius 2 is 2.06 bits per heavy atom. The summed E-state index contributed by atoms with van der Waals surface area (Å²) in [6, 6.07) is 7.42. The molecule has 92 valence electrons. The normalized spacial score (nSPS) is 12.1. The second-order valence-electron chi connectivity index (χ2n) is 3.72. The number of aliphatic carboxylic acids is 1. The fraction of sp³-hybridized carbons (Fsp3) is 0.0769. The topological polar surface area (TPSA) is 70.4 Å². The Bertz CT molecular complexity index is 572. The first-order valence-electron chi connectivity index (χ1n) is 5.20. The number of halogens is 1. The molecule has 2 rings (SSSR count). The highest BCUT2D eigenvalue weighted by Crippen LogP contribution is 2.25. The molecule has 0 radical (unpaired) electrons. The molecule has 2 N–H and O–H groups in total. The van der Waals surface area contributed by atoms with Crippen LogP contribution in [0.3, 0.4) is 0 Å². The van der Waals surface area contributed by atoms with E-state index in [1.54, 1.807) is 24.5 Å². The molecule has 5 heteroatoms. The summed E-state index contributed by atoms with van der Waals surface area (Å²) in [7, 11) is 0. The predicted molar refractivity (Wildman–Crippen MR) is 62.2 cm³/mol. The maximum Gasteiger partial charge on any atom is 0.337 e. The third-order valence-corrected chi connectivity index (χ3v) is 2.52. The fourth-order valence-corrected chi connectivity index (χ4v) is 1.60. The van der Waals surface area contributed by atoms with Gasteiger partial charge in [0, 0.05) is 23.5 Å². The van der Waals surface area contributed by atoms with Gasteiger partial charge in [-0.25, -0.2) is 9.18 Å². The summed E-state index contributed by atoms with van der Waals surface area (Å²) >= 11 is 0. The summed E-state index contributed by atoms with van der Waals surface area (Å²) in [6.45, 7) is 0. The number of hydrogen-bond donors (Lipinski definition) is 2. The van der Waals surface area contributed by atoms with Gasteiger partial charge in [-0.05, 0) is 23.8 Å². The average Bonchev–Trinajstić information content (AvgIpc) is 2.39. The molecular formula is C13H10FNO3. The van der Waals surface area contributed by atoms with Gasteiger partial charge in [-0.3, -0.25) is 4.98 Å². The molecule has 4 nitrogen and oxygen atoms in total. The van der Waals surface area contributed by atoms with Crippen molar-refractivity contribution in [2.75, 3.05) is 0 Å². The Kier molecular flexibility index (Phi) is 3.34. The van der Waals surface area contributed by atoms with E-state index >= 15 is 0 Å². The maximum absolute atomic E-state index is 13.5. The van der Waals surface area contributed by atoms with Crippen LogP contribution >= 0.6 is 0 Å². The van der Waals surface area contributed by atoms with Gasteiger partial charge in [0.25, 0.3) is 0 Å². The van der Waals surface area contributed by atoms with Crippen LogP contribution < -0.4 is 0 Å². The van der Waals surface area contributed by atoms with Crippen molar-refractivity contribution < 1.29 is 19.4 Å². The molecular weight excluding hydrogens is 237 g/mol. The number of carbonyl (C=O) groups is 1. The van der Waals surface area contributed by atoms with Crippen LogP contribution in [0, 0.1) is 5.82 Å².